The van der Waals surface area contributed by atoms with Crippen LogP contribution in [0.3, 0.4) is 0 Å². The third kappa shape index (κ3) is 4.31. The van der Waals surface area contributed by atoms with Crippen LogP contribution in [-0.4, -0.2) is 26.7 Å². The molecule has 4 rings (SSSR count). The number of nitrogens with zero attached hydrogens (tertiary/aromatic N) is 3. The van der Waals surface area contributed by atoms with Gasteiger partial charge in [0.1, 0.15) is 21.6 Å². The molecule has 31 heavy (non-hydrogen) atoms. The Kier molecular flexibility index (Phi) is 6.01. The number of benzene rings is 1. The van der Waals surface area contributed by atoms with Crippen LogP contribution in [0.1, 0.15) is 54.2 Å². The van der Waals surface area contributed by atoms with Gasteiger partial charge >= 0.3 is 0 Å². The molecule has 1 fully saturated rings. The first kappa shape index (κ1) is 21.4. The molecule has 0 bridgehead atoms. The molecule has 2 unspecified atom stereocenters. The second-order valence-electron chi connectivity index (χ2n) is 7.82. The van der Waals surface area contributed by atoms with Crippen LogP contribution in [0.2, 0.25) is 0 Å². The standard InChI is InChI=1S/C21H24F2N6OS/c1-29-18(11-4-2-5-12(24)9-8-11)15(10-26-29)27-20(30)17-19(25)31-21(28-17)16-13(22)6-3-7-14(16)23/h3,6-7,10-12H,2,4-5,8-9,24-25H2,1H3,(H,27,30). The van der Waals surface area contributed by atoms with E-state index in [9.17, 15) is 13.6 Å². The maximum atomic E-state index is 14.1. The van der Waals surface area contributed by atoms with Crippen molar-refractivity contribution in [3.05, 3.63) is 47.4 Å². The lowest BCUT2D eigenvalue weighted by molar-refractivity contribution is 0.102. The average molecular weight is 447 g/mol. The number of thiazole rings is 1. The SMILES string of the molecule is Cn1ncc(NC(=O)c2nc(-c3c(F)cccc3F)sc2N)c1C1CCCC(N)CC1. The number of halogens is 2. The Bertz CT molecular complexity index is 1090. The van der Waals surface area contributed by atoms with Crippen molar-refractivity contribution in [1.82, 2.24) is 14.8 Å². The third-order valence-corrected chi connectivity index (χ3v) is 6.58. The van der Waals surface area contributed by atoms with Gasteiger partial charge in [0.15, 0.2) is 5.69 Å². The van der Waals surface area contributed by atoms with Crippen LogP contribution in [-0.2, 0) is 7.05 Å². The largest absolute Gasteiger partial charge is 0.389 e. The number of hydrogen-bond donors (Lipinski definition) is 3. The number of nitrogen functional groups attached to an aromatic ring is 1. The predicted octanol–water partition coefficient (Wildman–Crippen LogP) is 4.03. The van der Waals surface area contributed by atoms with E-state index in [1.165, 1.54) is 6.07 Å². The van der Waals surface area contributed by atoms with E-state index in [0.29, 0.717) is 5.69 Å². The van der Waals surface area contributed by atoms with E-state index in [0.717, 1.165) is 61.3 Å². The van der Waals surface area contributed by atoms with Crippen molar-refractivity contribution in [2.75, 3.05) is 11.1 Å². The first-order valence-corrected chi connectivity index (χ1v) is 11.0. The fourth-order valence-corrected chi connectivity index (χ4v) is 4.99. The minimum Gasteiger partial charge on any atom is -0.389 e. The van der Waals surface area contributed by atoms with Crippen LogP contribution < -0.4 is 16.8 Å². The topological polar surface area (TPSA) is 112 Å². The Hall–Kier alpha value is -2.85. The van der Waals surface area contributed by atoms with Gasteiger partial charge in [0.2, 0.25) is 0 Å². The first-order valence-electron chi connectivity index (χ1n) is 10.1. The van der Waals surface area contributed by atoms with Crippen molar-refractivity contribution in [3.63, 3.8) is 0 Å². The fourth-order valence-electron chi connectivity index (χ4n) is 4.12. The molecule has 1 aliphatic rings. The molecule has 7 nitrogen and oxygen atoms in total. The lowest BCUT2D eigenvalue weighted by Gasteiger charge is -2.17. The van der Waals surface area contributed by atoms with E-state index in [-0.39, 0.29) is 33.2 Å². The van der Waals surface area contributed by atoms with E-state index in [2.05, 4.69) is 15.4 Å². The fraction of sp³-hybridized carbons (Fsp3) is 0.381. The minimum atomic E-state index is -0.762. The number of nitrogens with two attached hydrogens (primary N) is 2. The van der Waals surface area contributed by atoms with Crippen molar-refractivity contribution >= 4 is 27.9 Å². The molecule has 0 saturated heterocycles. The van der Waals surface area contributed by atoms with E-state index < -0.39 is 17.5 Å². The molecule has 0 spiro atoms. The number of anilines is 2. The number of rotatable bonds is 4. The van der Waals surface area contributed by atoms with Gasteiger partial charge in [-0.25, -0.2) is 13.8 Å². The molecule has 2 atom stereocenters. The Balaban J connectivity index is 1.60. The number of aromatic nitrogens is 3. The lowest BCUT2D eigenvalue weighted by Crippen LogP contribution is -2.18. The molecule has 2 heterocycles. The summed E-state index contributed by atoms with van der Waals surface area (Å²) in [7, 11) is 1.84. The Morgan fingerprint density at radius 1 is 1.23 bits per heavy atom. The summed E-state index contributed by atoms with van der Waals surface area (Å²) < 4.78 is 30.0. The van der Waals surface area contributed by atoms with Crippen LogP contribution in [0.5, 0.6) is 0 Å². The van der Waals surface area contributed by atoms with Gasteiger partial charge in [0, 0.05) is 19.0 Å². The highest BCUT2D eigenvalue weighted by molar-refractivity contribution is 7.19. The second kappa shape index (κ2) is 8.72. The number of aryl methyl sites for hydroxylation is 1. The molecular weight excluding hydrogens is 422 g/mol. The van der Waals surface area contributed by atoms with Crippen LogP contribution in [0.4, 0.5) is 19.5 Å². The molecule has 3 aromatic rings. The third-order valence-electron chi connectivity index (χ3n) is 5.68. The van der Waals surface area contributed by atoms with Gasteiger partial charge in [-0.05, 0) is 37.8 Å². The maximum Gasteiger partial charge on any atom is 0.277 e. The Morgan fingerprint density at radius 3 is 2.71 bits per heavy atom. The van der Waals surface area contributed by atoms with Crippen LogP contribution >= 0.6 is 11.3 Å². The average Bonchev–Trinajstić information content (AvgIpc) is 3.19. The number of carbonyl (C=O) groups is 1. The first-order chi connectivity index (χ1) is 14.8. The molecule has 10 heteroatoms. The molecule has 1 saturated carbocycles. The normalized spacial score (nSPS) is 19.2. The summed E-state index contributed by atoms with van der Waals surface area (Å²) in [6.45, 7) is 0. The minimum absolute atomic E-state index is 0.0161. The van der Waals surface area contributed by atoms with E-state index in [1.807, 2.05) is 7.05 Å². The van der Waals surface area contributed by atoms with Gasteiger partial charge in [-0.2, -0.15) is 5.10 Å². The van der Waals surface area contributed by atoms with Crippen LogP contribution in [0.15, 0.2) is 24.4 Å². The quantitative estimate of drug-likeness (QED) is 0.524. The van der Waals surface area contributed by atoms with Gasteiger partial charge in [-0.1, -0.05) is 23.8 Å². The summed E-state index contributed by atoms with van der Waals surface area (Å²) in [4.78, 5) is 17.1. The number of carbonyl (C=O) groups excluding carboxylic acids is 1. The molecule has 0 aliphatic heterocycles. The number of hydrogen-bond acceptors (Lipinski definition) is 6. The van der Waals surface area contributed by atoms with E-state index in [1.54, 1.807) is 10.9 Å². The maximum absolute atomic E-state index is 14.1. The lowest BCUT2D eigenvalue weighted by atomic mass is 9.95. The van der Waals surface area contributed by atoms with Crippen LogP contribution in [0.25, 0.3) is 10.6 Å². The van der Waals surface area contributed by atoms with Crippen molar-refractivity contribution in [3.8, 4) is 10.6 Å². The van der Waals surface area contributed by atoms with E-state index in [4.69, 9.17) is 11.5 Å². The number of nitrogens with one attached hydrogen (secondary N) is 1. The summed E-state index contributed by atoms with van der Waals surface area (Å²) in [5, 5.41) is 7.24. The van der Waals surface area contributed by atoms with Gasteiger partial charge in [0.25, 0.3) is 5.91 Å². The van der Waals surface area contributed by atoms with Crippen LogP contribution in [0, 0.1) is 11.6 Å². The zero-order valence-corrected chi connectivity index (χ0v) is 17.9. The summed E-state index contributed by atoms with van der Waals surface area (Å²) in [6, 6.07) is 3.73. The monoisotopic (exact) mass is 446 g/mol. The summed E-state index contributed by atoms with van der Waals surface area (Å²) in [6.07, 6.45) is 6.39. The molecular formula is C21H24F2N6OS. The molecule has 1 aromatic carbocycles. The molecule has 2 aromatic heterocycles. The summed E-state index contributed by atoms with van der Waals surface area (Å²) >= 11 is 0.866. The Morgan fingerprint density at radius 2 is 1.97 bits per heavy atom. The summed E-state index contributed by atoms with van der Waals surface area (Å²) in [5.41, 5.74) is 13.2. The molecule has 1 aliphatic carbocycles. The molecule has 5 N–H and O–H groups in total. The zero-order valence-electron chi connectivity index (χ0n) is 17.1. The zero-order chi connectivity index (χ0) is 22.1. The molecule has 1 amide bonds. The second-order valence-corrected chi connectivity index (χ2v) is 8.85. The Labute approximate surface area is 182 Å². The van der Waals surface area contributed by atoms with Gasteiger partial charge in [-0.15, -0.1) is 0 Å². The van der Waals surface area contributed by atoms with Gasteiger partial charge in [0.05, 0.1) is 23.1 Å². The highest BCUT2D eigenvalue weighted by Gasteiger charge is 2.26. The molecule has 164 valence electrons. The van der Waals surface area contributed by atoms with Gasteiger partial charge in [-0.3, -0.25) is 9.48 Å². The smallest absolute Gasteiger partial charge is 0.277 e. The van der Waals surface area contributed by atoms with Crippen molar-refractivity contribution in [2.45, 2.75) is 44.1 Å². The van der Waals surface area contributed by atoms with Crippen molar-refractivity contribution in [2.24, 2.45) is 12.8 Å². The highest BCUT2D eigenvalue weighted by Crippen LogP contribution is 2.36. The highest BCUT2D eigenvalue weighted by atomic mass is 32.1. The molecule has 0 radical (unpaired) electrons. The van der Waals surface area contributed by atoms with E-state index >= 15 is 0 Å². The number of amides is 1. The van der Waals surface area contributed by atoms with Crippen molar-refractivity contribution < 1.29 is 13.6 Å². The van der Waals surface area contributed by atoms with Crippen molar-refractivity contribution in [1.29, 1.82) is 0 Å². The predicted molar refractivity (Wildman–Crippen MR) is 117 cm³/mol. The summed E-state index contributed by atoms with van der Waals surface area (Å²) in [5.74, 6) is -1.84. The van der Waals surface area contributed by atoms with Gasteiger partial charge < -0.3 is 16.8 Å².